The summed E-state index contributed by atoms with van der Waals surface area (Å²) in [5.74, 6) is 0. The molecule has 20 heavy (non-hydrogen) atoms. The van der Waals surface area contributed by atoms with Crippen LogP contribution in [0.2, 0.25) is 0 Å². The van der Waals surface area contributed by atoms with Gasteiger partial charge in [-0.3, -0.25) is 9.67 Å². The van der Waals surface area contributed by atoms with Crippen LogP contribution in [0.4, 0.5) is 0 Å². The highest BCUT2D eigenvalue weighted by molar-refractivity contribution is 5.84. The first-order valence-electron chi connectivity index (χ1n) is 6.92. The van der Waals surface area contributed by atoms with Crippen molar-refractivity contribution in [2.75, 3.05) is 13.1 Å². The van der Waals surface area contributed by atoms with Crippen LogP contribution in [0.15, 0.2) is 42.7 Å². The molecule has 1 N–H and O–H groups in total. The SMILES string of the molecule is Cc1ccnc(-c2ccc3c(cnn3C3CNC3)c2)c1. The molecule has 0 spiro atoms. The molecule has 1 saturated heterocycles. The van der Waals surface area contributed by atoms with Crippen molar-refractivity contribution in [3.63, 3.8) is 0 Å². The minimum Gasteiger partial charge on any atom is -0.312 e. The van der Waals surface area contributed by atoms with Crippen molar-refractivity contribution in [1.29, 1.82) is 0 Å². The van der Waals surface area contributed by atoms with Gasteiger partial charge in [0.1, 0.15) is 0 Å². The van der Waals surface area contributed by atoms with Crippen LogP contribution in [0.5, 0.6) is 0 Å². The van der Waals surface area contributed by atoms with Gasteiger partial charge in [-0.05, 0) is 36.8 Å². The first-order valence-corrected chi connectivity index (χ1v) is 6.92. The van der Waals surface area contributed by atoms with Gasteiger partial charge in [0.2, 0.25) is 0 Å². The van der Waals surface area contributed by atoms with Crippen LogP contribution in [0.25, 0.3) is 22.2 Å². The van der Waals surface area contributed by atoms with Crippen LogP contribution in [0.1, 0.15) is 11.6 Å². The lowest BCUT2D eigenvalue weighted by Gasteiger charge is -2.27. The van der Waals surface area contributed by atoms with Gasteiger partial charge >= 0.3 is 0 Å². The Bertz CT molecular complexity index is 771. The van der Waals surface area contributed by atoms with Crippen LogP contribution in [0, 0.1) is 6.92 Å². The average Bonchev–Trinajstić information content (AvgIpc) is 2.80. The maximum Gasteiger partial charge on any atom is 0.0774 e. The summed E-state index contributed by atoms with van der Waals surface area (Å²) in [4.78, 5) is 4.45. The lowest BCUT2D eigenvalue weighted by molar-refractivity contribution is 0.326. The van der Waals surface area contributed by atoms with E-state index < -0.39 is 0 Å². The van der Waals surface area contributed by atoms with Gasteiger partial charge in [0, 0.05) is 30.2 Å². The van der Waals surface area contributed by atoms with E-state index in [-0.39, 0.29) is 0 Å². The number of nitrogens with one attached hydrogen (secondary N) is 1. The molecule has 3 heterocycles. The Morgan fingerprint density at radius 3 is 2.85 bits per heavy atom. The lowest BCUT2D eigenvalue weighted by Crippen LogP contribution is -2.43. The highest BCUT2D eigenvalue weighted by Gasteiger charge is 2.21. The normalized spacial score (nSPS) is 15.4. The molecule has 0 bridgehead atoms. The Labute approximate surface area is 117 Å². The summed E-state index contributed by atoms with van der Waals surface area (Å²) < 4.78 is 2.12. The molecule has 4 heteroatoms. The second-order valence-electron chi connectivity index (χ2n) is 5.39. The van der Waals surface area contributed by atoms with E-state index in [1.54, 1.807) is 0 Å². The van der Waals surface area contributed by atoms with E-state index in [1.165, 1.54) is 16.5 Å². The van der Waals surface area contributed by atoms with Crippen molar-refractivity contribution >= 4 is 10.9 Å². The van der Waals surface area contributed by atoms with Gasteiger partial charge in [-0.2, -0.15) is 5.10 Å². The summed E-state index contributed by atoms with van der Waals surface area (Å²) in [7, 11) is 0. The molecule has 100 valence electrons. The number of benzene rings is 1. The van der Waals surface area contributed by atoms with E-state index in [9.17, 15) is 0 Å². The lowest BCUT2D eigenvalue weighted by atomic mass is 10.1. The fourth-order valence-electron chi connectivity index (χ4n) is 2.64. The summed E-state index contributed by atoms with van der Waals surface area (Å²) in [5, 5.41) is 8.99. The number of fused-ring (bicyclic) bond motifs is 1. The average molecular weight is 264 g/mol. The Hall–Kier alpha value is -2.20. The van der Waals surface area contributed by atoms with Crippen LogP contribution >= 0.6 is 0 Å². The first kappa shape index (κ1) is 11.6. The summed E-state index contributed by atoms with van der Waals surface area (Å²) in [6.07, 6.45) is 3.81. The van der Waals surface area contributed by atoms with Crippen molar-refractivity contribution in [3.8, 4) is 11.3 Å². The molecule has 1 aliphatic rings. The highest BCUT2D eigenvalue weighted by Crippen LogP contribution is 2.25. The van der Waals surface area contributed by atoms with E-state index in [2.05, 4.69) is 51.3 Å². The molecule has 4 nitrogen and oxygen atoms in total. The van der Waals surface area contributed by atoms with Crippen LogP contribution in [0.3, 0.4) is 0 Å². The molecule has 0 unspecified atom stereocenters. The number of pyridine rings is 1. The fourth-order valence-corrected chi connectivity index (χ4v) is 2.64. The summed E-state index contributed by atoms with van der Waals surface area (Å²) >= 11 is 0. The Balaban J connectivity index is 1.79. The number of hydrogen-bond donors (Lipinski definition) is 1. The molecular formula is C16H16N4. The predicted octanol–water partition coefficient (Wildman–Crippen LogP) is 2.55. The van der Waals surface area contributed by atoms with Crippen molar-refractivity contribution in [1.82, 2.24) is 20.1 Å². The van der Waals surface area contributed by atoms with E-state index in [4.69, 9.17) is 0 Å². The molecule has 1 fully saturated rings. The molecule has 2 aromatic heterocycles. The zero-order chi connectivity index (χ0) is 13.5. The van der Waals surface area contributed by atoms with Gasteiger partial charge in [0.25, 0.3) is 0 Å². The third-order valence-corrected chi connectivity index (χ3v) is 3.91. The summed E-state index contributed by atoms with van der Waals surface area (Å²) in [5.41, 5.74) is 4.59. The smallest absolute Gasteiger partial charge is 0.0774 e. The van der Waals surface area contributed by atoms with Gasteiger partial charge < -0.3 is 5.32 Å². The van der Waals surface area contributed by atoms with E-state index in [0.29, 0.717) is 6.04 Å². The second kappa shape index (κ2) is 4.42. The van der Waals surface area contributed by atoms with E-state index in [1.807, 2.05) is 18.5 Å². The third kappa shape index (κ3) is 1.80. The third-order valence-electron chi connectivity index (χ3n) is 3.91. The van der Waals surface area contributed by atoms with Gasteiger partial charge in [-0.15, -0.1) is 0 Å². The van der Waals surface area contributed by atoms with Gasteiger partial charge in [-0.1, -0.05) is 6.07 Å². The van der Waals surface area contributed by atoms with Crippen molar-refractivity contribution < 1.29 is 0 Å². The zero-order valence-electron chi connectivity index (χ0n) is 11.4. The highest BCUT2D eigenvalue weighted by atomic mass is 15.3. The van der Waals surface area contributed by atoms with E-state index in [0.717, 1.165) is 24.3 Å². The number of aryl methyl sites for hydroxylation is 1. The number of aromatic nitrogens is 3. The fraction of sp³-hybridized carbons (Fsp3) is 0.250. The largest absolute Gasteiger partial charge is 0.312 e. The zero-order valence-corrected chi connectivity index (χ0v) is 11.4. The maximum absolute atomic E-state index is 4.53. The molecule has 4 rings (SSSR count). The maximum atomic E-state index is 4.53. The van der Waals surface area contributed by atoms with Crippen molar-refractivity contribution in [2.45, 2.75) is 13.0 Å². The quantitative estimate of drug-likeness (QED) is 0.773. The standard InChI is InChI=1S/C16H16N4/c1-11-4-5-18-15(6-11)12-2-3-16-13(7-12)8-19-20(16)14-9-17-10-14/h2-8,14,17H,9-10H2,1H3. The number of hydrogen-bond acceptors (Lipinski definition) is 3. The molecule has 3 aromatic rings. The van der Waals surface area contributed by atoms with Crippen molar-refractivity contribution in [2.24, 2.45) is 0 Å². The Kier molecular flexibility index (Phi) is 2.57. The minimum atomic E-state index is 0.496. The van der Waals surface area contributed by atoms with Gasteiger partial charge in [0.15, 0.2) is 0 Å². The van der Waals surface area contributed by atoms with Crippen LogP contribution in [-0.2, 0) is 0 Å². The predicted molar refractivity (Wildman–Crippen MR) is 79.6 cm³/mol. The molecule has 0 aliphatic carbocycles. The molecule has 0 amide bonds. The Morgan fingerprint density at radius 2 is 2.10 bits per heavy atom. The second-order valence-corrected chi connectivity index (χ2v) is 5.39. The molecular weight excluding hydrogens is 248 g/mol. The summed E-state index contributed by atoms with van der Waals surface area (Å²) in [6.45, 7) is 4.11. The monoisotopic (exact) mass is 264 g/mol. The number of nitrogens with zero attached hydrogens (tertiary/aromatic N) is 3. The van der Waals surface area contributed by atoms with E-state index >= 15 is 0 Å². The molecule has 1 aromatic carbocycles. The molecule has 0 radical (unpaired) electrons. The van der Waals surface area contributed by atoms with Crippen molar-refractivity contribution in [3.05, 3.63) is 48.3 Å². The van der Waals surface area contributed by atoms with Crippen LogP contribution in [-0.4, -0.2) is 27.9 Å². The molecule has 0 atom stereocenters. The number of rotatable bonds is 2. The summed E-state index contributed by atoms with van der Waals surface area (Å²) in [6, 6.07) is 11.1. The minimum absolute atomic E-state index is 0.496. The van der Waals surface area contributed by atoms with Gasteiger partial charge in [0.05, 0.1) is 23.4 Å². The first-order chi connectivity index (χ1) is 9.81. The van der Waals surface area contributed by atoms with Gasteiger partial charge in [-0.25, -0.2) is 0 Å². The van der Waals surface area contributed by atoms with Crippen LogP contribution < -0.4 is 5.32 Å². The molecule has 1 aliphatic heterocycles. The topological polar surface area (TPSA) is 42.7 Å². The Morgan fingerprint density at radius 1 is 1.20 bits per heavy atom. The molecule has 0 saturated carbocycles.